The summed E-state index contributed by atoms with van der Waals surface area (Å²) in [5.41, 5.74) is 2.08. The first-order valence-electron chi connectivity index (χ1n) is 7.32. The second kappa shape index (κ2) is 6.37. The number of halogens is 1. The van der Waals surface area contributed by atoms with Gasteiger partial charge in [0.05, 0.1) is 11.3 Å². The summed E-state index contributed by atoms with van der Waals surface area (Å²) in [5.74, 6) is -0.505. The van der Waals surface area contributed by atoms with Crippen LogP contribution in [0, 0.1) is 6.92 Å². The van der Waals surface area contributed by atoms with Crippen molar-refractivity contribution in [1.82, 2.24) is 5.32 Å². The van der Waals surface area contributed by atoms with Crippen LogP contribution in [0.4, 0.5) is 5.69 Å². The summed E-state index contributed by atoms with van der Waals surface area (Å²) in [6.45, 7) is 1.79. The van der Waals surface area contributed by atoms with Gasteiger partial charge in [0.2, 0.25) is 0 Å². The Kier molecular flexibility index (Phi) is 4.27. The Morgan fingerprint density at radius 2 is 1.83 bits per heavy atom. The maximum absolute atomic E-state index is 12.6. The zero-order chi connectivity index (χ0) is 17.3. The number of rotatable bonds is 3. The second-order valence-corrected chi connectivity index (χ2v) is 5.71. The Labute approximate surface area is 143 Å². The van der Waals surface area contributed by atoms with Crippen molar-refractivity contribution in [3.8, 4) is 0 Å². The number of hydrogen-bond acceptors (Lipinski definition) is 3. The normalized spacial score (nSPS) is 10.6. The number of nitrogens with one attached hydrogen (secondary N) is 2. The number of amides is 2. The zero-order valence-electron chi connectivity index (χ0n) is 13.1. The predicted molar refractivity (Wildman–Crippen MR) is 93.7 cm³/mol. The van der Waals surface area contributed by atoms with Gasteiger partial charge < -0.3 is 15.1 Å². The van der Waals surface area contributed by atoms with Gasteiger partial charge in [-0.3, -0.25) is 9.59 Å². The van der Waals surface area contributed by atoms with Gasteiger partial charge >= 0.3 is 0 Å². The molecule has 0 fully saturated rings. The standard InChI is InChI=1S/C18H15ClN2O3/c1-10-13-9-11(19)7-8-15(13)24-16(10)18(23)21-14-6-4-3-5-12(14)17(22)20-2/h3-9H,1-2H3,(H,20,22)(H,21,23). The quantitative estimate of drug-likeness (QED) is 0.755. The van der Waals surface area contributed by atoms with Gasteiger partial charge in [-0.05, 0) is 37.3 Å². The fraction of sp³-hybridized carbons (Fsp3) is 0.111. The number of carbonyl (C=O) groups is 2. The molecule has 0 saturated heterocycles. The molecular weight excluding hydrogens is 328 g/mol. The SMILES string of the molecule is CNC(=O)c1ccccc1NC(=O)c1oc2ccc(Cl)cc2c1C. The van der Waals surface area contributed by atoms with E-state index in [-0.39, 0.29) is 11.7 Å². The molecule has 1 aromatic heterocycles. The summed E-state index contributed by atoms with van der Waals surface area (Å²) in [6, 6.07) is 12.0. The number of aryl methyl sites for hydroxylation is 1. The van der Waals surface area contributed by atoms with Crippen molar-refractivity contribution >= 4 is 40.1 Å². The number of benzene rings is 2. The van der Waals surface area contributed by atoms with E-state index in [2.05, 4.69) is 10.6 Å². The number of hydrogen-bond donors (Lipinski definition) is 2. The van der Waals surface area contributed by atoms with E-state index in [0.29, 0.717) is 27.4 Å². The number of carbonyl (C=O) groups excluding carboxylic acids is 2. The smallest absolute Gasteiger partial charge is 0.291 e. The van der Waals surface area contributed by atoms with E-state index in [1.807, 2.05) is 0 Å². The summed E-state index contributed by atoms with van der Waals surface area (Å²) in [6.07, 6.45) is 0. The minimum Gasteiger partial charge on any atom is -0.451 e. The molecule has 0 unspecified atom stereocenters. The molecule has 2 N–H and O–H groups in total. The average Bonchev–Trinajstić information content (AvgIpc) is 2.91. The van der Waals surface area contributed by atoms with Crippen molar-refractivity contribution < 1.29 is 14.0 Å². The summed E-state index contributed by atoms with van der Waals surface area (Å²) >= 11 is 5.99. The van der Waals surface area contributed by atoms with Gasteiger partial charge in [-0.1, -0.05) is 23.7 Å². The van der Waals surface area contributed by atoms with Crippen LogP contribution in [-0.4, -0.2) is 18.9 Å². The Bertz CT molecular complexity index is 947. The largest absolute Gasteiger partial charge is 0.451 e. The highest BCUT2D eigenvalue weighted by molar-refractivity contribution is 6.31. The van der Waals surface area contributed by atoms with Gasteiger partial charge in [0.1, 0.15) is 5.58 Å². The lowest BCUT2D eigenvalue weighted by atomic mass is 10.1. The van der Waals surface area contributed by atoms with E-state index in [9.17, 15) is 9.59 Å². The van der Waals surface area contributed by atoms with Crippen molar-refractivity contribution in [2.45, 2.75) is 6.92 Å². The van der Waals surface area contributed by atoms with Gasteiger partial charge in [-0.2, -0.15) is 0 Å². The van der Waals surface area contributed by atoms with Gasteiger partial charge in [-0.15, -0.1) is 0 Å². The van der Waals surface area contributed by atoms with Crippen molar-refractivity contribution in [3.63, 3.8) is 0 Å². The molecule has 6 heteroatoms. The monoisotopic (exact) mass is 342 g/mol. The molecular formula is C18H15ClN2O3. The second-order valence-electron chi connectivity index (χ2n) is 5.28. The third-order valence-electron chi connectivity index (χ3n) is 3.75. The van der Waals surface area contributed by atoms with Crippen LogP contribution in [0.15, 0.2) is 46.9 Å². The molecule has 3 rings (SSSR count). The molecule has 5 nitrogen and oxygen atoms in total. The Morgan fingerprint density at radius 1 is 1.08 bits per heavy atom. The molecule has 24 heavy (non-hydrogen) atoms. The molecule has 2 aromatic carbocycles. The molecule has 0 aliphatic rings. The van der Waals surface area contributed by atoms with Crippen LogP contribution < -0.4 is 10.6 Å². The van der Waals surface area contributed by atoms with Crippen LogP contribution in [0.5, 0.6) is 0 Å². The van der Waals surface area contributed by atoms with E-state index in [4.69, 9.17) is 16.0 Å². The van der Waals surface area contributed by atoms with Gasteiger partial charge in [-0.25, -0.2) is 0 Å². The summed E-state index contributed by atoms with van der Waals surface area (Å²) in [5, 5.41) is 6.63. The zero-order valence-corrected chi connectivity index (χ0v) is 13.9. The Morgan fingerprint density at radius 3 is 2.58 bits per heavy atom. The van der Waals surface area contributed by atoms with Crippen molar-refractivity contribution in [1.29, 1.82) is 0 Å². The fourth-order valence-corrected chi connectivity index (χ4v) is 2.69. The van der Waals surface area contributed by atoms with Crippen LogP contribution in [0.1, 0.15) is 26.5 Å². The average molecular weight is 343 g/mol. The highest BCUT2D eigenvalue weighted by Crippen LogP contribution is 2.28. The Balaban J connectivity index is 1.97. The van der Waals surface area contributed by atoms with E-state index in [1.165, 1.54) is 7.05 Å². The molecule has 3 aromatic rings. The van der Waals surface area contributed by atoms with Gasteiger partial charge in [0.15, 0.2) is 5.76 Å². The topological polar surface area (TPSA) is 71.3 Å². The van der Waals surface area contributed by atoms with E-state index in [0.717, 1.165) is 5.39 Å². The first-order valence-corrected chi connectivity index (χ1v) is 7.70. The lowest BCUT2D eigenvalue weighted by Crippen LogP contribution is -2.21. The fourth-order valence-electron chi connectivity index (χ4n) is 2.51. The van der Waals surface area contributed by atoms with Gasteiger partial charge in [0.25, 0.3) is 11.8 Å². The van der Waals surface area contributed by atoms with Crippen molar-refractivity contribution in [3.05, 3.63) is 64.4 Å². The number of fused-ring (bicyclic) bond motifs is 1. The maximum atomic E-state index is 12.6. The first kappa shape index (κ1) is 16.1. The molecule has 0 spiro atoms. The summed E-state index contributed by atoms with van der Waals surface area (Å²) in [7, 11) is 1.54. The number of anilines is 1. The molecule has 0 radical (unpaired) electrons. The van der Waals surface area contributed by atoms with Crippen LogP contribution in [0.3, 0.4) is 0 Å². The van der Waals surface area contributed by atoms with E-state index >= 15 is 0 Å². The summed E-state index contributed by atoms with van der Waals surface area (Å²) < 4.78 is 5.64. The van der Waals surface area contributed by atoms with E-state index in [1.54, 1.807) is 49.4 Å². The third kappa shape index (κ3) is 2.86. The first-order chi connectivity index (χ1) is 11.5. The molecule has 1 heterocycles. The van der Waals surface area contributed by atoms with Crippen molar-refractivity contribution in [2.75, 3.05) is 12.4 Å². The van der Waals surface area contributed by atoms with Gasteiger partial charge in [0, 0.05) is 23.0 Å². The molecule has 0 atom stereocenters. The predicted octanol–water partition coefficient (Wildman–Crippen LogP) is 4.01. The molecule has 0 saturated carbocycles. The molecule has 2 amide bonds. The number of furan rings is 1. The highest BCUT2D eigenvalue weighted by Gasteiger charge is 2.20. The maximum Gasteiger partial charge on any atom is 0.291 e. The molecule has 0 aliphatic heterocycles. The van der Waals surface area contributed by atoms with E-state index < -0.39 is 5.91 Å². The minimum absolute atomic E-state index is 0.193. The molecule has 0 aliphatic carbocycles. The lowest BCUT2D eigenvalue weighted by molar-refractivity contribution is 0.0964. The minimum atomic E-state index is -0.420. The van der Waals surface area contributed by atoms with Crippen LogP contribution in [-0.2, 0) is 0 Å². The Hall–Kier alpha value is -2.79. The molecule has 122 valence electrons. The summed E-state index contributed by atoms with van der Waals surface area (Å²) in [4.78, 5) is 24.5. The number of para-hydroxylation sites is 1. The lowest BCUT2D eigenvalue weighted by Gasteiger charge is -2.09. The van der Waals surface area contributed by atoms with Crippen LogP contribution in [0.25, 0.3) is 11.0 Å². The van der Waals surface area contributed by atoms with Crippen LogP contribution >= 0.6 is 11.6 Å². The van der Waals surface area contributed by atoms with Crippen molar-refractivity contribution in [2.24, 2.45) is 0 Å². The van der Waals surface area contributed by atoms with Crippen LogP contribution in [0.2, 0.25) is 5.02 Å². The molecule has 0 bridgehead atoms. The third-order valence-corrected chi connectivity index (χ3v) is 3.99. The highest BCUT2D eigenvalue weighted by atomic mass is 35.5.